The number of nitrogens with zero attached hydrogens (tertiary/aromatic N) is 1. The average molecular weight is 506 g/mol. The van der Waals surface area contributed by atoms with E-state index in [-0.39, 0.29) is 23.9 Å². The first-order valence-corrected chi connectivity index (χ1v) is 12.1. The zero-order valence-electron chi connectivity index (χ0n) is 20.2. The second-order valence-corrected chi connectivity index (χ2v) is 9.18. The zero-order valence-corrected chi connectivity index (χ0v) is 20.2. The summed E-state index contributed by atoms with van der Waals surface area (Å²) in [6, 6.07) is 17.9. The van der Waals surface area contributed by atoms with Crippen LogP contribution in [-0.2, 0) is 19.0 Å². The van der Waals surface area contributed by atoms with Crippen molar-refractivity contribution in [2.45, 2.75) is 37.4 Å². The molecule has 3 aromatic carbocycles. The maximum absolute atomic E-state index is 13.8. The number of halogens is 3. The number of ether oxygens (including phenoxy) is 1. The van der Waals surface area contributed by atoms with Crippen LogP contribution in [0.5, 0.6) is 5.75 Å². The molecule has 5 nitrogen and oxygen atoms in total. The van der Waals surface area contributed by atoms with Crippen LogP contribution in [0.1, 0.15) is 34.6 Å². The molecule has 0 spiro atoms. The largest absolute Gasteiger partial charge is 0.497 e. The SMILES string of the molecule is COc1ccc2c(c1)CCC(NC(=O)Nc1cccc3cnccc13)C2Cc1ccccc1C(F)(F)F. The minimum Gasteiger partial charge on any atom is -0.497 e. The number of hydrogen-bond acceptors (Lipinski definition) is 3. The Balaban J connectivity index is 1.45. The lowest BCUT2D eigenvalue weighted by Crippen LogP contribution is -2.44. The summed E-state index contributed by atoms with van der Waals surface area (Å²) in [5.74, 6) is 0.350. The highest BCUT2D eigenvalue weighted by Crippen LogP contribution is 2.39. The van der Waals surface area contributed by atoms with Gasteiger partial charge in [-0.1, -0.05) is 36.4 Å². The number of amides is 2. The van der Waals surface area contributed by atoms with Crippen LogP contribution in [-0.4, -0.2) is 24.2 Å². The fraction of sp³-hybridized carbons (Fsp3) is 0.241. The smallest absolute Gasteiger partial charge is 0.416 e. The predicted molar refractivity (Wildman–Crippen MR) is 137 cm³/mol. The van der Waals surface area contributed by atoms with E-state index in [1.165, 1.54) is 12.1 Å². The molecule has 0 saturated carbocycles. The summed E-state index contributed by atoms with van der Waals surface area (Å²) in [5.41, 5.74) is 2.14. The van der Waals surface area contributed by atoms with E-state index in [9.17, 15) is 18.0 Å². The van der Waals surface area contributed by atoms with Crippen molar-refractivity contribution in [1.29, 1.82) is 0 Å². The van der Waals surface area contributed by atoms with Crippen molar-refractivity contribution >= 4 is 22.5 Å². The van der Waals surface area contributed by atoms with E-state index in [1.54, 1.807) is 31.6 Å². The van der Waals surface area contributed by atoms with E-state index in [0.717, 1.165) is 28.0 Å². The number of hydrogen-bond donors (Lipinski definition) is 2. The first-order valence-electron chi connectivity index (χ1n) is 12.1. The van der Waals surface area contributed by atoms with E-state index in [0.29, 0.717) is 24.3 Å². The van der Waals surface area contributed by atoms with Crippen LogP contribution < -0.4 is 15.4 Å². The molecule has 0 saturated heterocycles. The van der Waals surface area contributed by atoms with Gasteiger partial charge in [-0.25, -0.2) is 4.79 Å². The van der Waals surface area contributed by atoms with Gasteiger partial charge >= 0.3 is 12.2 Å². The van der Waals surface area contributed by atoms with Gasteiger partial charge in [-0.2, -0.15) is 13.2 Å². The monoisotopic (exact) mass is 505 g/mol. The van der Waals surface area contributed by atoms with Crippen LogP contribution in [0.25, 0.3) is 10.8 Å². The molecule has 2 unspecified atom stereocenters. The Labute approximate surface area is 212 Å². The van der Waals surface area contributed by atoms with Crippen LogP contribution in [0.3, 0.4) is 0 Å². The molecular weight excluding hydrogens is 479 g/mol. The summed E-state index contributed by atoms with van der Waals surface area (Å²) in [6.07, 6.45) is 0.322. The van der Waals surface area contributed by atoms with Crippen molar-refractivity contribution < 1.29 is 22.7 Å². The molecule has 8 heteroatoms. The topological polar surface area (TPSA) is 63.2 Å². The molecule has 1 aliphatic carbocycles. The van der Waals surface area contributed by atoms with Crippen LogP contribution in [0, 0.1) is 0 Å². The number of pyridine rings is 1. The number of aryl methyl sites for hydroxylation is 1. The Morgan fingerprint density at radius 2 is 1.92 bits per heavy atom. The van der Waals surface area contributed by atoms with Gasteiger partial charge in [0.25, 0.3) is 0 Å². The highest BCUT2D eigenvalue weighted by Gasteiger charge is 2.36. The quantitative estimate of drug-likeness (QED) is 0.316. The molecule has 2 N–H and O–H groups in total. The molecule has 190 valence electrons. The number of nitrogens with one attached hydrogen (secondary N) is 2. The molecule has 0 fully saturated rings. The Bertz CT molecular complexity index is 1430. The summed E-state index contributed by atoms with van der Waals surface area (Å²) in [4.78, 5) is 17.2. The van der Waals surface area contributed by atoms with Crippen molar-refractivity contribution in [1.82, 2.24) is 10.3 Å². The van der Waals surface area contributed by atoms with Gasteiger partial charge < -0.3 is 15.4 Å². The number of alkyl halides is 3. The van der Waals surface area contributed by atoms with Crippen molar-refractivity contribution in [3.05, 3.63) is 101 Å². The summed E-state index contributed by atoms with van der Waals surface area (Å²) < 4.78 is 46.7. The maximum atomic E-state index is 13.8. The fourth-order valence-electron chi connectivity index (χ4n) is 5.21. The second-order valence-electron chi connectivity index (χ2n) is 9.18. The van der Waals surface area contributed by atoms with Gasteiger partial charge in [0.05, 0.1) is 18.4 Å². The highest BCUT2D eigenvalue weighted by atomic mass is 19.4. The third-order valence-electron chi connectivity index (χ3n) is 6.97. The number of carbonyl (C=O) groups is 1. The summed E-state index contributed by atoms with van der Waals surface area (Å²) >= 11 is 0. The molecule has 4 aromatic rings. The van der Waals surface area contributed by atoms with Crippen LogP contribution in [0.2, 0.25) is 0 Å². The van der Waals surface area contributed by atoms with Crippen molar-refractivity contribution in [2.75, 3.05) is 12.4 Å². The maximum Gasteiger partial charge on any atom is 0.416 e. The molecule has 0 bridgehead atoms. The lowest BCUT2D eigenvalue weighted by Gasteiger charge is -2.35. The summed E-state index contributed by atoms with van der Waals surface area (Å²) in [5, 5.41) is 7.71. The van der Waals surface area contributed by atoms with Gasteiger partial charge in [0.15, 0.2) is 0 Å². The molecule has 37 heavy (non-hydrogen) atoms. The van der Waals surface area contributed by atoms with E-state index in [4.69, 9.17) is 4.74 Å². The summed E-state index contributed by atoms with van der Waals surface area (Å²) in [7, 11) is 1.58. The lowest BCUT2D eigenvalue weighted by atomic mass is 9.75. The standard InChI is InChI=1S/C29H26F3N3O2/c1-37-21-10-11-22-18(15-21)9-12-27(24(22)16-19-5-2-3-7-25(19)29(30,31)32)35-28(36)34-26-8-4-6-20-17-33-14-13-23(20)26/h2-8,10-11,13-15,17,24,27H,9,12,16H2,1H3,(H2,34,35,36). The number of fused-ring (bicyclic) bond motifs is 2. The number of benzene rings is 3. The van der Waals surface area contributed by atoms with Gasteiger partial charge in [0.2, 0.25) is 0 Å². The predicted octanol–water partition coefficient (Wildman–Crippen LogP) is 6.73. The lowest BCUT2D eigenvalue weighted by molar-refractivity contribution is -0.138. The minimum absolute atomic E-state index is 0.139. The fourth-order valence-corrected chi connectivity index (χ4v) is 5.21. The number of methoxy groups -OCH3 is 1. The zero-order chi connectivity index (χ0) is 26.0. The Hall–Kier alpha value is -4.07. The Morgan fingerprint density at radius 1 is 1.08 bits per heavy atom. The third-order valence-corrected chi connectivity index (χ3v) is 6.97. The number of urea groups is 1. The van der Waals surface area contributed by atoms with Crippen molar-refractivity contribution in [2.24, 2.45) is 0 Å². The Kier molecular flexibility index (Phi) is 6.74. The van der Waals surface area contributed by atoms with E-state index < -0.39 is 17.8 Å². The molecular formula is C29H26F3N3O2. The number of carbonyl (C=O) groups excluding carboxylic acids is 1. The average Bonchev–Trinajstić information content (AvgIpc) is 2.89. The highest BCUT2D eigenvalue weighted by molar-refractivity contribution is 6.01. The number of anilines is 1. The van der Waals surface area contributed by atoms with Gasteiger partial charge in [-0.15, -0.1) is 0 Å². The molecule has 2 amide bonds. The third kappa shape index (κ3) is 5.23. The Morgan fingerprint density at radius 3 is 2.73 bits per heavy atom. The van der Waals surface area contributed by atoms with E-state index in [1.807, 2.05) is 36.4 Å². The normalized spacial score (nSPS) is 17.2. The molecule has 0 aliphatic heterocycles. The summed E-state index contributed by atoms with van der Waals surface area (Å²) in [6.45, 7) is 0. The first-order chi connectivity index (χ1) is 17.8. The molecule has 1 aliphatic rings. The molecule has 0 radical (unpaired) electrons. The van der Waals surface area contributed by atoms with Gasteiger partial charge in [-0.3, -0.25) is 4.98 Å². The molecule has 1 heterocycles. The number of rotatable bonds is 5. The van der Waals surface area contributed by atoms with Crippen LogP contribution in [0.15, 0.2) is 79.1 Å². The molecule has 1 aromatic heterocycles. The van der Waals surface area contributed by atoms with Gasteiger partial charge in [-0.05, 0) is 66.3 Å². The van der Waals surface area contributed by atoms with Crippen LogP contribution >= 0.6 is 0 Å². The van der Waals surface area contributed by atoms with Gasteiger partial charge in [0.1, 0.15) is 5.75 Å². The van der Waals surface area contributed by atoms with Crippen molar-refractivity contribution in [3.8, 4) is 5.75 Å². The second kappa shape index (κ2) is 10.1. The molecule has 2 atom stereocenters. The van der Waals surface area contributed by atoms with Gasteiger partial charge in [0, 0.05) is 35.1 Å². The number of aromatic nitrogens is 1. The minimum atomic E-state index is -4.46. The van der Waals surface area contributed by atoms with E-state index in [2.05, 4.69) is 15.6 Å². The molecule has 5 rings (SSSR count). The van der Waals surface area contributed by atoms with E-state index >= 15 is 0 Å². The van der Waals surface area contributed by atoms with Crippen LogP contribution in [0.4, 0.5) is 23.7 Å². The first kappa shape index (κ1) is 24.6. The van der Waals surface area contributed by atoms with Crippen molar-refractivity contribution in [3.63, 3.8) is 0 Å².